The number of aryl methyl sites for hydroxylation is 1. The Bertz CT molecular complexity index is 1280. The molecule has 33 heavy (non-hydrogen) atoms. The molecule has 10 heteroatoms. The highest BCUT2D eigenvalue weighted by molar-refractivity contribution is 7.90. The number of amides is 1. The van der Waals surface area contributed by atoms with E-state index in [1.54, 1.807) is 12.1 Å². The molecule has 0 atom stereocenters. The molecule has 1 fully saturated rings. The first kappa shape index (κ1) is 23.2. The molecule has 3 heterocycles. The molecule has 0 bridgehead atoms. The second kappa shape index (κ2) is 9.88. The van der Waals surface area contributed by atoms with Crippen LogP contribution in [0.2, 0.25) is 0 Å². The predicted octanol–water partition coefficient (Wildman–Crippen LogP) is 4.49. The van der Waals surface area contributed by atoms with E-state index in [9.17, 15) is 13.2 Å². The summed E-state index contributed by atoms with van der Waals surface area (Å²) in [5, 5.41) is 5.28. The maximum Gasteiger partial charge on any atom is 0.284 e. The summed E-state index contributed by atoms with van der Waals surface area (Å²) in [6, 6.07) is 9.89. The number of thiazole rings is 1. The third kappa shape index (κ3) is 5.88. The number of aromatic nitrogens is 1. The topological polar surface area (TPSA) is 105 Å². The Kier molecular flexibility index (Phi) is 6.94. The highest BCUT2D eigenvalue weighted by Crippen LogP contribution is 2.26. The van der Waals surface area contributed by atoms with Crippen molar-refractivity contribution >= 4 is 38.8 Å². The fourth-order valence-electron chi connectivity index (χ4n) is 3.59. The maximum absolute atomic E-state index is 12.9. The Balaban J connectivity index is 1.44. The van der Waals surface area contributed by atoms with Gasteiger partial charge >= 0.3 is 0 Å². The Morgan fingerprint density at radius 3 is 2.88 bits per heavy atom. The molecule has 0 aliphatic carbocycles. The minimum absolute atomic E-state index is 0.0505. The van der Waals surface area contributed by atoms with Crippen LogP contribution in [0.5, 0.6) is 0 Å². The average molecular weight is 487 g/mol. The van der Waals surface area contributed by atoms with Gasteiger partial charge in [0.15, 0.2) is 10.8 Å². The molecular formula is C23H26N4O4S2. The number of hydrogen-bond donors (Lipinski definition) is 1. The highest BCUT2D eigenvalue weighted by atomic mass is 32.2. The van der Waals surface area contributed by atoms with Crippen LogP contribution in [-0.4, -0.2) is 43.6 Å². The number of hydrogen-bond acceptors (Lipinski definition) is 6. The molecule has 1 N–H and O–H groups in total. The Labute approximate surface area is 197 Å². The number of amidine groups is 1. The van der Waals surface area contributed by atoms with E-state index in [2.05, 4.69) is 14.7 Å². The van der Waals surface area contributed by atoms with E-state index >= 15 is 0 Å². The Morgan fingerprint density at radius 2 is 2.09 bits per heavy atom. The summed E-state index contributed by atoms with van der Waals surface area (Å²) in [5.74, 6) is 1.76. The van der Waals surface area contributed by atoms with E-state index < -0.39 is 10.0 Å². The summed E-state index contributed by atoms with van der Waals surface area (Å²) < 4.78 is 35.4. The molecule has 1 aromatic carbocycles. The zero-order chi connectivity index (χ0) is 23.4. The molecular weight excluding hydrogens is 460 g/mol. The summed E-state index contributed by atoms with van der Waals surface area (Å²) in [4.78, 5) is 19.0. The second-order valence-electron chi connectivity index (χ2n) is 8.02. The van der Waals surface area contributed by atoms with Gasteiger partial charge in [-0.15, -0.1) is 15.7 Å². The lowest BCUT2D eigenvalue weighted by molar-refractivity contribution is -0.115. The van der Waals surface area contributed by atoms with Crippen molar-refractivity contribution in [1.29, 1.82) is 0 Å². The Hall–Kier alpha value is -2.98. The smallest absolute Gasteiger partial charge is 0.284 e. The number of anilines is 1. The molecule has 1 aliphatic rings. The maximum atomic E-state index is 12.9. The lowest BCUT2D eigenvalue weighted by atomic mass is 10.2. The van der Waals surface area contributed by atoms with Crippen LogP contribution >= 0.6 is 11.3 Å². The summed E-state index contributed by atoms with van der Waals surface area (Å²) in [6.45, 7) is 2.66. The van der Waals surface area contributed by atoms with Gasteiger partial charge in [0.25, 0.3) is 10.0 Å². The van der Waals surface area contributed by atoms with Crippen molar-refractivity contribution in [2.75, 3.05) is 18.9 Å². The van der Waals surface area contributed by atoms with Crippen LogP contribution in [0.3, 0.4) is 0 Å². The fraction of sp³-hybridized carbons (Fsp3) is 0.348. The first-order chi connectivity index (χ1) is 15.8. The molecule has 1 aliphatic heterocycles. The highest BCUT2D eigenvalue weighted by Gasteiger charge is 2.19. The Morgan fingerprint density at radius 1 is 1.24 bits per heavy atom. The number of nitrogens with zero attached hydrogens (tertiary/aromatic N) is 3. The van der Waals surface area contributed by atoms with Gasteiger partial charge in [0, 0.05) is 31.1 Å². The van der Waals surface area contributed by atoms with Crippen LogP contribution in [0.25, 0.3) is 10.8 Å². The molecule has 1 saturated heterocycles. The number of furan rings is 1. The van der Waals surface area contributed by atoms with E-state index in [-0.39, 0.29) is 17.2 Å². The molecule has 3 aromatic rings. The van der Waals surface area contributed by atoms with Gasteiger partial charge in [-0.25, -0.2) is 4.98 Å². The van der Waals surface area contributed by atoms with Crippen molar-refractivity contribution in [3.05, 3.63) is 53.2 Å². The normalized spacial score (nSPS) is 16.1. The van der Waals surface area contributed by atoms with Crippen molar-refractivity contribution in [3.63, 3.8) is 0 Å². The quantitative estimate of drug-likeness (QED) is 0.551. The van der Waals surface area contributed by atoms with Gasteiger partial charge < -0.3 is 14.6 Å². The van der Waals surface area contributed by atoms with Crippen molar-refractivity contribution in [1.82, 2.24) is 9.88 Å². The van der Waals surface area contributed by atoms with Crippen molar-refractivity contribution < 1.29 is 17.6 Å². The summed E-state index contributed by atoms with van der Waals surface area (Å²) >= 11 is 1.41. The predicted molar refractivity (Wildman–Crippen MR) is 129 cm³/mol. The SMILES string of the molecule is Cc1ccc(-c2nc(CC(=O)Nc3cccc(S(=O)(=O)/N=C4\CCCCCN4C)c3)cs2)o1. The van der Waals surface area contributed by atoms with Crippen LogP contribution in [-0.2, 0) is 21.2 Å². The van der Waals surface area contributed by atoms with Crippen LogP contribution < -0.4 is 5.32 Å². The monoisotopic (exact) mass is 486 g/mol. The molecule has 1 amide bonds. The standard InChI is InChI=1S/C23H26N4O4S2/c1-16-10-11-20(31-16)23-25-18(15-32-23)14-22(28)24-17-7-6-8-19(13-17)33(29,30)26-21-9-4-3-5-12-27(21)2/h6-8,10-11,13,15H,3-5,9,12,14H2,1-2H3,(H,24,28)/b26-21+. The first-order valence-electron chi connectivity index (χ1n) is 10.8. The van der Waals surface area contributed by atoms with Crippen LogP contribution in [0.15, 0.2) is 55.5 Å². The number of nitrogens with one attached hydrogen (secondary N) is 1. The third-order valence-electron chi connectivity index (χ3n) is 5.32. The van der Waals surface area contributed by atoms with Gasteiger partial charge in [-0.2, -0.15) is 8.42 Å². The molecule has 0 unspecified atom stereocenters. The van der Waals surface area contributed by atoms with Gasteiger partial charge in [-0.1, -0.05) is 12.5 Å². The van der Waals surface area contributed by atoms with Crippen LogP contribution in [0, 0.1) is 6.92 Å². The van der Waals surface area contributed by atoms with Gasteiger partial charge in [-0.05, 0) is 50.1 Å². The average Bonchev–Trinajstić information content (AvgIpc) is 3.36. The van der Waals surface area contributed by atoms with E-state index in [1.807, 2.05) is 36.4 Å². The summed E-state index contributed by atoms with van der Waals surface area (Å²) in [5.41, 5.74) is 1.01. The van der Waals surface area contributed by atoms with Gasteiger partial charge in [0.2, 0.25) is 5.91 Å². The van der Waals surface area contributed by atoms with Crippen LogP contribution in [0.4, 0.5) is 5.69 Å². The minimum Gasteiger partial charge on any atom is -0.459 e. The van der Waals surface area contributed by atoms with Crippen molar-refractivity contribution in [2.24, 2.45) is 4.40 Å². The molecule has 4 rings (SSSR count). The zero-order valence-electron chi connectivity index (χ0n) is 18.6. The molecule has 0 saturated carbocycles. The number of sulfonamides is 1. The first-order valence-corrected chi connectivity index (χ1v) is 13.1. The largest absolute Gasteiger partial charge is 0.459 e. The van der Waals surface area contributed by atoms with Gasteiger partial charge in [-0.3, -0.25) is 4.79 Å². The lowest BCUT2D eigenvalue weighted by Crippen LogP contribution is -2.26. The number of carbonyl (C=O) groups excluding carboxylic acids is 1. The minimum atomic E-state index is -3.88. The second-order valence-corrected chi connectivity index (χ2v) is 10.5. The lowest BCUT2D eigenvalue weighted by Gasteiger charge is -2.17. The molecule has 2 aromatic heterocycles. The molecule has 174 valence electrons. The number of benzene rings is 1. The van der Waals surface area contributed by atoms with Crippen LogP contribution in [0.1, 0.15) is 37.1 Å². The fourth-order valence-corrected chi connectivity index (χ4v) is 5.51. The van der Waals surface area contributed by atoms with Gasteiger partial charge in [0.1, 0.15) is 11.6 Å². The van der Waals surface area contributed by atoms with Gasteiger partial charge in [0.05, 0.1) is 17.0 Å². The molecule has 8 nitrogen and oxygen atoms in total. The number of carbonyl (C=O) groups is 1. The third-order valence-corrected chi connectivity index (χ3v) is 7.53. The van der Waals surface area contributed by atoms with Crippen molar-refractivity contribution in [3.8, 4) is 10.8 Å². The molecule has 0 spiro atoms. The zero-order valence-corrected chi connectivity index (χ0v) is 20.2. The summed E-state index contributed by atoms with van der Waals surface area (Å²) in [6.07, 6.45) is 3.72. The number of likely N-dealkylation sites (tertiary alicyclic amines) is 1. The molecule has 0 radical (unpaired) electrons. The van der Waals surface area contributed by atoms with E-state index in [1.165, 1.54) is 23.5 Å². The van der Waals surface area contributed by atoms with E-state index in [0.29, 0.717) is 34.4 Å². The van der Waals surface area contributed by atoms with E-state index in [0.717, 1.165) is 31.6 Å². The number of rotatable bonds is 6. The summed E-state index contributed by atoms with van der Waals surface area (Å²) in [7, 11) is -2.01. The van der Waals surface area contributed by atoms with Crippen molar-refractivity contribution in [2.45, 2.75) is 43.9 Å². The van der Waals surface area contributed by atoms with E-state index in [4.69, 9.17) is 4.42 Å².